The van der Waals surface area contributed by atoms with E-state index in [1.165, 1.54) is 11.5 Å². The van der Waals surface area contributed by atoms with Crippen LogP contribution in [0.3, 0.4) is 0 Å². The molecule has 0 saturated carbocycles. The van der Waals surface area contributed by atoms with Gasteiger partial charge in [0.05, 0.1) is 0 Å². The standard InChI is InChI=1S/C14H22N4OS2.ClH/c19-13(16-10-12-11-20-8-9-21-12)14(2-5-15-6-3-14)18-7-1-4-17-18;/h1,4,7,12,15H,2-3,5-6,8-11H2,(H,16,19);1H. The normalized spacial score (nSPS) is 24.3. The zero-order chi connectivity index (χ0) is 14.5. The minimum Gasteiger partial charge on any atom is -0.353 e. The fourth-order valence-corrected chi connectivity index (χ4v) is 5.56. The highest BCUT2D eigenvalue weighted by molar-refractivity contribution is 8.06. The highest BCUT2D eigenvalue weighted by Gasteiger charge is 2.42. The number of amides is 1. The van der Waals surface area contributed by atoms with E-state index in [1.807, 2.05) is 40.5 Å². The molecular weight excluding hydrogens is 340 g/mol. The van der Waals surface area contributed by atoms with Gasteiger partial charge in [-0.3, -0.25) is 9.48 Å². The zero-order valence-corrected chi connectivity index (χ0v) is 14.9. The molecule has 1 aromatic heterocycles. The molecule has 1 atom stereocenters. The summed E-state index contributed by atoms with van der Waals surface area (Å²) in [5.41, 5.74) is -0.513. The number of piperidine rings is 1. The van der Waals surface area contributed by atoms with E-state index in [-0.39, 0.29) is 18.3 Å². The second-order valence-corrected chi connectivity index (χ2v) is 8.07. The topological polar surface area (TPSA) is 59.0 Å². The molecule has 0 spiro atoms. The Hall–Kier alpha value is -0.370. The van der Waals surface area contributed by atoms with Crippen LogP contribution in [-0.2, 0) is 10.3 Å². The van der Waals surface area contributed by atoms with Crippen molar-refractivity contribution in [2.45, 2.75) is 23.6 Å². The van der Waals surface area contributed by atoms with E-state index in [0.717, 1.165) is 38.2 Å². The predicted octanol–water partition coefficient (Wildman–Crippen LogP) is 1.35. The number of hydrogen-bond donors (Lipinski definition) is 2. The zero-order valence-electron chi connectivity index (χ0n) is 12.5. The smallest absolute Gasteiger partial charge is 0.248 e. The lowest BCUT2D eigenvalue weighted by Crippen LogP contribution is -2.55. The average Bonchev–Trinajstić information content (AvgIpc) is 3.09. The maximum Gasteiger partial charge on any atom is 0.248 e. The first-order valence-electron chi connectivity index (χ1n) is 7.50. The largest absolute Gasteiger partial charge is 0.353 e. The number of thioether (sulfide) groups is 2. The second-order valence-electron chi connectivity index (χ2n) is 5.51. The lowest BCUT2D eigenvalue weighted by atomic mass is 9.87. The quantitative estimate of drug-likeness (QED) is 0.846. The van der Waals surface area contributed by atoms with Gasteiger partial charge < -0.3 is 10.6 Å². The molecule has 0 bridgehead atoms. The molecule has 1 unspecified atom stereocenters. The van der Waals surface area contributed by atoms with Gasteiger partial charge in [0.25, 0.3) is 0 Å². The van der Waals surface area contributed by atoms with Crippen molar-refractivity contribution in [2.75, 3.05) is 36.9 Å². The van der Waals surface area contributed by atoms with Crippen molar-refractivity contribution >= 4 is 41.8 Å². The van der Waals surface area contributed by atoms with Gasteiger partial charge >= 0.3 is 0 Å². The molecule has 3 rings (SSSR count). The van der Waals surface area contributed by atoms with Crippen LogP contribution in [-0.4, -0.2) is 57.8 Å². The lowest BCUT2D eigenvalue weighted by molar-refractivity contribution is -0.131. The van der Waals surface area contributed by atoms with Crippen LogP contribution < -0.4 is 10.6 Å². The van der Waals surface area contributed by atoms with Crippen LogP contribution >= 0.6 is 35.9 Å². The number of carbonyl (C=O) groups is 1. The van der Waals surface area contributed by atoms with E-state index >= 15 is 0 Å². The van der Waals surface area contributed by atoms with E-state index in [1.54, 1.807) is 6.20 Å². The van der Waals surface area contributed by atoms with Crippen molar-refractivity contribution in [3.8, 4) is 0 Å². The third-order valence-corrected chi connectivity index (χ3v) is 7.02. The van der Waals surface area contributed by atoms with Crippen molar-refractivity contribution in [1.82, 2.24) is 20.4 Å². The van der Waals surface area contributed by atoms with Crippen LogP contribution in [0.1, 0.15) is 12.8 Å². The number of rotatable bonds is 4. The summed E-state index contributed by atoms with van der Waals surface area (Å²) in [7, 11) is 0. The van der Waals surface area contributed by atoms with Crippen LogP contribution in [0.2, 0.25) is 0 Å². The van der Waals surface area contributed by atoms with Crippen LogP contribution in [0.25, 0.3) is 0 Å². The molecule has 2 aliphatic rings. The molecule has 0 radical (unpaired) electrons. The van der Waals surface area contributed by atoms with Gasteiger partial charge in [0.1, 0.15) is 5.54 Å². The fourth-order valence-electron chi connectivity index (χ4n) is 2.95. The molecule has 1 aromatic rings. The Balaban J connectivity index is 0.00000176. The monoisotopic (exact) mass is 362 g/mol. The summed E-state index contributed by atoms with van der Waals surface area (Å²) < 4.78 is 1.85. The Morgan fingerprint density at radius 2 is 2.23 bits per heavy atom. The third-order valence-electron chi connectivity index (χ3n) is 4.17. The lowest BCUT2D eigenvalue weighted by Gasteiger charge is -2.37. The van der Waals surface area contributed by atoms with Crippen LogP contribution in [0.15, 0.2) is 18.5 Å². The van der Waals surface area contributed by atoms with Crippen molar-refractivity contribution in [3.05, 3.63) is 18.5 Å². The molecule has 2 fully saturated rings. The van der Waals surface area contributed by atoms with Gasteiger partial charge in [-0.05, 0) is 32.0 Å². The van der Waals surface area contributed by atoms with Gasteiger partial charge in [-0.25, -0.2) is 0 Å². The molecule has 0 aliphatic carbocycles. The Kier molecular flexibility index (Phi) is 6.92. The van der Waals surface area contributed by atoms with E-state index in [9.17, 15) is 4.79 Å². The van der Waals surface area contributed by atoms with Crippen molar-refractivity contribution in [3.63, 3.8) is 0 Å². The average molecular weight is 363 g/mol. The van der Waals surface area contributed by atoms with Gasteiger partial charge in [0.15, 0.2) is 0 Å². The van der Waals surface area contributed by atoms with E-state index in [2.05, 4.69) is 15.7 Å². The molecule has 5 nitrogen and oxygen atoms in total. The molecule has 2 N–H and O–H groups in total. The number of nitrogens with one attached hydrogen (secondary N) is 2. The molecule has 1 amide bonds. The van der Waals surface area contributed by atoms with Crippen LogP contribution in [0, 0.1) is 0 Å². The third kappa shape index (κ3) is 3.93. The van der Waals surface area contributed by atoms with Crippen molar-refractivity contribution in [1.29, 1.82) is 0 Å². The van der Waals surface area contributed by atoms with Crippen LogP contribution in [0.5, 0.6) is 0 Å². The van der Waals surface area contributed by atoms with Gasteiger partial charge in [-0.2, -0.15) is 28.6 Å². The molecule has 2 aliphatic heterocycles. The minimum atomic E-state index is -0.513. The minimum absolute atomic E-state index is 0. The fraction of sp³-hybridized carbons (Fsp3) is 0.714. The summed E-state index contributed by atoms with van der Waals surface area (Å²) in [6.45, 7) is 2.50. The summed E-state index contributed by atoms with van der Waals surface area (Å²) in [4.78, 5) is 12.8. The highest BCUT2D eigenvalue weighted by Crippen LogP contribution is 2.28. The molecule has 0 aromatic carbocycles. The van der Waals surface area contributed by atoms with E-state index in [0.29, 0.717) is 5.25 Å². The van der Waals surface area contributed by atoms with E-state index in [4.69, 9.17) is 0 Å². The van der Waals surface area contributed by atoms with Gasteiger partial charge in [0, 0.05) is 41.4 Å². The summed E-state index contributed by atoms with van der Waals surface area (Å²) in [6, 6.07) is 1.89. The molecular formula is C14H23ClN4OS2. The SMILES string of the molecule is Cl.O=C(NCC1CSCCS1)C1(n2cccn2)CCNCC1. The van der Waals surface area contributed by atoms with E-state index < -0.39 is 5.54 Å². The summed E-state index contributed by atoms with van der Waals surface area (Å²) in [6.07, 6.45) is 5.26. The van der Waals surface area contributed by atoms with Crippen LogP contribution in [0.4, 0.5) is 0 Å². The predicted molar refractivity (Wildman–Crippen MR) is 96.1 cm³/mol. The molecule has 3 heterocycles. The molecule has 8 heteroatoms. The number of hydrogen-bond acceptors (Lipinski definition) is 5. The van der Waals surface area contributed by atoms with Crippen molar-refractivity contribution < 1.29 is 4.79 Å². The van der Waals surface area contributed by atoms with Gasteiger partial charge in [-0.1, -0.05) is 0 Å². The number of halogens is 1. The summed E-state index contributed by atoms with van der Waals surface area (Å²) >= 11 is 3.97. The van der Waals surface area contributed by atoms with Gasteiger partial charge in [0.2, 0.25) is 5.91 Å². The number of aromatic nitrogens is 2. The highest BCUT2D eigenvalue weighted by atomic mass is 35.5. The first-order chi connectivity index (χ1) is 10.3. The maximum atomic E-state index is 12.8. The first kappa shape index (κ1) is 18.0. The molecule has 22 heavy (non-hydrogen) atoms. The molecule has 124 valence electrons. The van der Waals surface area contributed by atoms with Crippen molar-refractivity contribution in [2.24, 2.45) is 0 Å². The Labute approximate surface area is 146 Å². The summed E-state index contributed by atoms with van der Waals surface area (Å²) in [5.74, 6) is 3.70. The first-order valence-corrected chi connectivity index (χ1v) is 9.70. The Bertz CT molecular complexity index is 459. The Morgan fingerprint density at radius 3 is 2.86 bits per heavy atom. The Morgan fingerprint density at radius 1 is 1.41 bits per heavy atom. The maximum absolute atomic E-state index is 12.8. The van der Waals surface area contributed by atoms with Gasteiger partial charge in [-0.15, -0.1) is 12.4 Å². The second kappa shape index (κ2) is 8.47. The summed E-state index contributed by atoms with van der Waals surface area (Å²) in [5, 5.41) is 11.4. The number of nitrogens with zero attached hydrogens (tertiary/aromatic N) is 2. The molecule has 2 saturated heterocycles. The number of carbonyl (C=O) groups excluding carboxylic acids is 1.